The lowest BCUT2D eigenvalue weighted by molar-refractivity contribution is 0.277. The van der Waals surface area contributed by atoms with E-state index in [9.17, 15) is 5.11 Å². The molecule has 5 heteroatoms. The molecule has 0 radical (unpaired) electrons. The van der Waals surface area contributed by atoms with Gasteiger partial charge in [-0.15, -0.1) is 11.3 Å². The molecule has 0 bridgehead atoms. The van der Waals surface area contributed by atoms with Crippen LogP contribution in [0.25, 0.3) is 20.8 Å². The van der Waals surface area contributed by atoms with Gasteiger partial charge in [-0.3, -0.25) is 0 Å². The maximum Gasteiger partial charge on any atom is 0.201 e. The molecule has 4 nitrogen and oxygen atoms in total. The first-order valence-corrected chi connectivity index (χ1v) is 10.8. The summed E-state index contributed by atoms with van der Waals surface area (Å²) in [6.07, 6.45) is 1.07. The van der Waals surface area contributed by atoms with E-state index < -0.39 is 0 Å². The predicted octanol–water partition coefficient (Wildman–Crippen LogP) is 3.83. The van der Waals surface area contributed by atoms with Gasteiger partial charge in [-0.25, -0.2) is 9.56 Å². The number of aliphatic hydroxyl groups excluding tert-OH is 1. The Bertz CT molecular complexity index is 1090. The number of benzene rings is 2. The van der Waals surface area contributed by atoms with Gasteiger partial charge in [0.15, 0.2) is 0 Å². The summed E-state index contributed by atoms with van der Waals surface area (Å²) in [6, 6.07) is 8.79. The van der Waals surface area contributed by atoms with Crippen molar-refractivity contribution in [1.82, 2.24) is 9.56 Å². The van der Waals surface area contributed by atoms with E-state index in [2.05, 4.69) is 75.5 Å². The van der Waals surface area contributed by atoms with Crippen molar-refractivity contribution in [2.75, 3.05) is 32.1 Å². The summed E-state index contributed by atoms with van der Waals surface area (Å²) in [7, 11) is 4.15. The predicted molar refractivity (Wildman–Crippen MR) is 120 cm³/mol. The van der Waals surface area contributed by atoms with Crippen LogP contribution in [0.5, 0.6) is 0 Å². The van der Waals surface area contributed by atoms with E-state index in [1.807, 2.05) is 11.3 Å². The summed E-state index contributed by atoms with van der Waals surface area (Å²) < 4.78 is 3.43. The van der Waals surface area contributed by atoms with Gasteiger partial charge in [0.25, 0.3) is 0 Å². The van der Waals surface area contributed by atoms with Crippen LogP contribution in [0.4, 0.5) is 5.69 Å². The largest absolute Gasteiger partial charge is 0.395 e. The number of nitrogens with zero attached hydrogens (tertiary/aromatic N) is 3. The Morgan fingerprint density at radius 3 is 2.71 bits per heavy atom. The van der Waals surface area contributed by atoms with E-state index in [1.165, 1.54) is 31.7 Å². The molecule has 1 atom stereocenters. The molecule has 1 N–H and O–H groups in total. The molecular weight excluding hydrogens is 366 g/mol. The van der Waals surface area contributed by atoms with Crippen molar-refractivity contribution >= 4 is 27.2 Å². The molecule has 148 valence electrons. The Morgan fingerprint density at radius 1 is 1.29 bits per heavy atom. The molecule has 28 heavy (non-hydrogen) atoms. The number of rotatable bonds is 2. The minimum atomic E-state index is 0.0301. The molecule has 0 saturated heterocycles. The number of β-amino-alcohol motifs (C(OH)–C–C–N with tert-alkyl or cyclic N) is 1. The van der Waals surface area contributed by atoms with Crippen LogP contribution in [0.3, 0.4) is 0 Å². The van der Waals surface area contributed by atoms with E-state index in [-0.39, 0.29) is 12.1 Å². The highest BCUT2D eigenvalue weighted by Crippen LogP contribution is 2.48. The lowest BCUT2D eigenvalue weighted by Gasteiger charge is -2.47. The Kier molecular flexibility index (Phi) is 4.71. The molecule has 0 amide bonds. The quantitative estimate of drug-likeness (QED) is 0.529. The molecule has 1 aliphatic carbocycles. The van der Waals surface area contributed by atoms with Crippen LogP contribution in [0.15, 0.2) is 24.3 Å². The zero-order valence-corrected chi connectivity index (χ0v) is 18.5. The molecule has 3 aliphatic rings. The normalized spacial score (nSPS) is 18.5. The molecular formula is C23H30N3OS+. The lowest BCUT2D eigenvalue weighted by Crippen LogP contribution is -2.49. The Hall–Kier alpha value is -1.98. The summed E-state index contributed by atoms with van der Waals surface area (Å²) in [4.78, 5) is 8.66. The van der Waals surface area contributed by atoms with Gasteiger partial charge < -0.3 is 10.0 Å². The minimum absolute atomic E-state index is 0.0301. The van der Waals surface area contributed by atoms with Crippen LogP contribution in [0.1, 0.15) is 44.2 Å². The summed E-state index contributed by atoms with van der Waals surface area (Å²) in [6.45, 7) is 9.89. The number of hydrogen-bond acceptors (Lipinski definition) is 4. The van der Waals surface area contributed by atoms with E-state index in [1.54, 1.807) is 0 Å². The van der Waals surface area contributed by atoms with Crippen LogP contribution in [-0.4, -0.2) is 42.9 Å². The monoisotopic (exact) mass is 396 g/mol. The third-order valence-electron chi connectivity index (χ3n) is 6.01. The van der Waals surface area contributed by atoms with Crippen LogP contribution in [-0.2, 0) is 0 Å². The van der Waals surface area contributed by atoms with Crippen LogP contribution in [0.2, 0.25) is 0 Å². The number of aryl methyl sites for hydroxylation is 1. The van der Waals surface area contributed by atoms with E-state index >= 15 is 0 Å². The van der Waals surface area contributed by atoms with Crippen molar-refractivity contribution in [3.63, 3.8) is 0 Å². The van der Waals surface area contributed by atoms with Gasteiger partial charge >= 0.3 is 0 Å². The van der Waals surface area contributed by atoms with E-state index in [0.717, 1.165) is 17.6 Å². The number of anilines is 1. The van der Waals surface area contributed by atoms with Gasteiger partial charge in [0.2, 0.25) is 5.36 Å². The topological polar surface area (TPSA) is 39.4 Å². The first kappa shape index (κ1) is 19.3. The fourth-order valence-corrected chi connectivity index (χ4v) is 6.05. The second-order valence-electron chi connectivity index (χ2n) is 8.86. The Morgan fingerprint density at radius 2 is 2.04 bits per heavy atom. The molecule has 0 fully saturated rings. The van der Waals surface area contributed by atoms with Gasteiger partial charge in [0.05, 0.1) is 27.4 Å². The summed E-state index contributed by atoms with van der Waals surface area (Å²) in [5, 5.41) is 10.9. The smallest absolute Gasteiger partial charge is 0.201 e. The lowest BCUT2D eigenvalue weighted by atomic mass is 9.79. The molecule has 1 aromatic carbocycles. The molecule has 4 rings (SSSR count). The maximum absolute atomic E-state index is 9.69. The fraction of sp³-hybridized carbons (Fsp3) is 0.478. The standard InChI is InChI=1S/C23H30N3OS/c1-14-11-18-20(15(2)13-23(3,4)26(18)9-10-27)22-21(14)24-17-8-7-16(25(5)6)12-19(17)28-22/h7-8,11-12,15,27H,9-10,13H2,1-6H3/q+1. The highest BCUT2D eigenvalue weighted by molar-refractivity contribution is 7.21. The zero-order valence-electron chi connectivity index (χ0n) is 17.7. The number of aromatic nitrogens is 1. The highest BCUT2D eigenvalue weighted by atomic mass is 32.1. The summed E-state index contributed by atoms with van der Waals surface area (Å²) >= 11 is 1.86. The van der Waals surface area contributed by atoms with Crippen molar-refractivity contribution < 1.29 is 5.11 Å². The van der Waals surface area contributed by atoms with E-state index in [4.69, 9.17) is 4.98 Å². The minimum Gasteiger partial charge on any atom is -0.395 e. The van der Waals surface area contributed by atoms with Crippen molar-refractivity contribution in [3.8, 4) is 10.6 Å². The molecule has 0 aromatic heterocycles. The Labute approximate surface area is 171 Å². The average Bonchev–Trinajstić information content (AvgIpc) is 2.62. The number of fused-ring (bicyclic) bond motifs is 4. The first-order chi connectivity index (χ1) is 13.2. The fourth-order valence-electron chi connectivity index (χ4n) is 4.71. The summed E-state index contributed by atoms with van der Waals surface area (Å²) in [5.74, 6) is 0.454. The van der Waals surface area contributed by atoms with Crippen molar-refractivity contribution in [2.24, 2.45) is 0 Å². The molecule has 1 unspecified atom stereocenters. The highest BCUT2D eigenvalue weighted by Gasteiger charge is 2.37. The summed E-state index contributed by atoms with van der Waals surface area (Å²) in [5.41, 5.74) is 6.07. The first-order valence-electron chi connectivity index (χ1n) is 10.00. The zero-order chi connectivity index (χ0) is 20.2. The molecule has 0 saturated carbocycles. The van der Waals surface area contributed by atoms with Gasteiger partial charge in [-0.1, -0.05) is 6.92 Å². The SMILES string of the molecule is Cc1cc2c(c3sc4cc(=[N+](C)C)ccc-4nc13)C(C)CC(C)(C)N2CCO. The Balaban J connectivity index is 2.08. The van der Waals surface area contributed by atoms with Gasteiger partial charge in [0, 0.05) is 29.9 Å². The second-order valence-corrected chi connectivity index (χ2v) is 9.91. The van der Waals surface area contributed by atoms with Gasteiger partial charge in [-0.2, -0.15) is 0 Å². The van der Waals surface area contributed by atoms with E-state index in [0.29, 0.717) is 12.5 Å². The molecule has 2 heterocycles. The van der Waals surface area contributed by atoms with Gasteiger partial charge in [0.1, 0.15) is 14.1 Å². The van der Waals surface area contributed by atoms with Crippen LogP contribution < -0.4 is 14.8 Å². The molecule has 0 spiro atoms. The van der Waals surface area contributed by atoms with Gasteiger partial charge in [-0.05, 0) is 56.4 Å². The van der Waals surface area contributed by atoms with Crippen molar-refractivity contribution in [2.45, 2.75) is 45.6 Å². The molecule has 2 aliphatic heterocycles. The third-order valence-corrected chi connectivity index (χ3v) is 7.17. The van der Waals surface area contributed by atoms with Crippen molar-refractivity contribution in [1.29, 1.82) is 0 Å². The number of aliphatic hydroxyl groups is 1. The van der Waals surface area contributed by atoms with Crippen LogP contribution >= 0.6 is 11.3 Å². The third kappa shape index (κ3) is 3.01. The van der Waals surface area contributed by atoms with Crippen LogP contribution in [0, 0.1) is 6.92 Å². The maximum atomic E-state index is 9.69. The number of hydrogen-bond donors (Lipinski definition) is 1. The second kappa shape index (κ2) is 6.82. The molecule has 1 aromatic rings. The average molecular weight is 397 g/mol. The van der Waals surface area contributed by atoms with Crippen molar-refractivity contribution in [3.05, 3.63) is 40.7 Å².